The number of hydrogen-bond donors (Lipinski definition) is 0. The van der Waals surface area contributed by atoms with Crippen LogP contribution in [0.2, 0.25) is 0 Å². The average molecular weight is 312 g/mol. The van der Waals surface area contributed by atoms with Crippen molar-refractivity contribution in [2.75, 3.05) is 0 Å². The quantitative estimate of drug-likeness (QED) is 0.800. The zero-order chi connectivity index (χ0) is 13.3. The maximum absolute atomic E-state index is 11.5. The van der Waals surface area contributed by atoms with Crippen molar-refractivity contribution in [2.24, 2.45) is 13.0 Å². The number of aryl methyl sites for hydroxylation is 1. The summed E-state index contributed by atoms with van der Waals surface area (Å²) in [5.74, 6) is 0.286. The van der Waals surface area contributed by atoms with Crippen LogP contribution in [0.4, 0.5) is 0 Å². The first-order valence-electron chi connectivity index (χ1n) is 6.32. The highest BCUT2D eigenvalue weighted by atomic mass is 79.9. The Kier molecular flexibility index (Phi) is 3.95. The summed E-state index contributed by atoms with van der Waals surface area (Å²) in [6, 6.07) is 5.98. The van der Waals surface area contributed by atoms with Crippen LogP contribution < -0.4 is 5.76 Å². The minimum absolute atomic E-state index is 0.308. The van der Waals surface area contributed by atoms with Crippen LogP contribution in [0, 0.1) is 5.92 Å². The van der Waals surface area contributed by atoms with Crippen LogP contribution in [0.25, 0.3) is 11.1 Å². The Labute approximate surface area is 115 Å². The lowest BCUT2D eigenvalue weighted by molar-refractivity contribution is 0.486. The van der Waals surface area contributed by atoms with Gasteiger partial charge in [0.2, 0.25) is 0 Å². The second-order valence-corrected chi connectivity index (χ2v) is 5.62. The van der Waals surface area contributed by atoms with Gasteiger partial charge < -0.3 is 4.42 Å². The highest BCUT2D eigenvalue weighted by molar-refractivity contribution is 9.09. The first-order valence-corrected chi connectivity index (χ1v) is 7.23. The molecular weight excluding hydrogens is 294 g/mol. The molecule has 1 aromatic heterocycles. The van der Waals surface area contributed by atoms with Crippen LogP contribution in [-0.2, 0) is 7.05 Å². The molecule has 0 bridgehead atoms. The van der Waals surface area contributed by atoms with E-state index in [1.165, 1.54) is 10.1 Å². The average Bonchev–Trinajstić information content (AvgIpc) is 2.66. The summed E-state index contributed by atoms with van der Waals surface area (Å²) in [7, 11) is 1.72. The first kappa shape index (κ1) is 13.4. The molecule has 0 aliphatic rings. The molecule has 0 saturated carbocycles. The number of alkyl halides is 1. The molecule has 1 heterocycles. The van der Waals surface area contributed by atoms with Crippen LogP contribution in [0.1, 0.15) is 37.1 Å². The molecule has 0 spiro atoms. The van der Waals surface area contributed by atoms with Crippen molar-refractivity contribution in [1.82, 2.24) is 4.57 Å². The van der Waals surface area contributed by atoms with Gasteiger partial charge in [-0.15, -0.1) is 0 Å². The zero-order valence-corrected chi connectivity index (χ0v) is 12.5. The number of aromatic nitrogens is 1. The molecule has 98 valence electrons. The molecule has 0 N–H and O–H groups in total. The fourth-order valence-corrected chi connectivity index (χ4v) is 3.33. The van der Waals surface area contributed by atoms with Crippen molar-refractivity contribution >= 4 is 27.0 Å². The SMILES string of the molecule is CCC(CC)C(Br)c1ccc2c(c1)oc(=O)n2C. The highest BCUT2D eigenvalue weighted by Gasteiger charge is 2.18. The molecule has 4 heteroatoms. The first-order chi connectivity index (χ1) is 8.58. The fraction of sp³-hybridized carbons (Fsp3) is 0.500. The normalized spacial score (nSPS) is 13.4. The van der Waals surface area contributed by atoms with Gasteiger partial charge in [0.1, 0.15) is 0 Å². The minimum atomic E-state index is -0.309. The minimum Gasteiger partial charge on any atom is -0.408 e. The van der Waals surface area contributed by atoms with Gasteiger partial charge in [0.15, 0.2) is 5.58 Å². The molecule has 0 saturated heterocycles. The third kappa shape index (κ3) is 2.26. The van der Waals surface area contributed by atoms with E-state index in [0.29, 0.717) is 16.3 Å². The molecule has 0 aliphatic carbocycles. The number of oxazole rings is 1. The van der Waals surface area contributed by atoms with Crippen molar-refractivity contribution in [3.63, 3.8) is 0 Å². The Hall–Kier alpha value is -1.03. The smallest absolute Gasteiger partial charge is 0.408 e. The number of rotatable bonds is 4. The third-order valence-electron chi connectivity index (χ3n) is 3.60. The fourth-order valence-electron chi connectivity index (χ4n) is 2.30. The standard InChI is InChI=1S/C14H18BrNO2/c1-4-9(5-2)13(15)10-6-7-11-12(8-10)18-14(17)16(11)3/h6-9,13H,4-5H2,1-3H3. The molecule has 0 fully saturated rings. The summed E-state index contributed by atoms with van der Waals surface area (Å²) in [5.41, 5.74) is 2.67. The summed E-state index contributed by atoms with van der Waals surface area (Å²) in [5, 5.41) is 0. The van der Waals surface area contributed by atoms with E-state index in [1.54, 1.807) is 7.05 Å². The lowest BCUT2D eigenvalue weighted by Crippen LogP contribution is -2.08. The van der Waals surface area contributed by atoms with Crippen LogP contribution in [0.15, 0.2) is 27.4 Å². The van der Waals surface area contributed by atoms with E-state index >= 15 is 0 Å². The van der Waals surface area contributed by atoms with Crippen LogP contribution in [0.5, 0.6) is 0 Å². The van der Waals surface area contributed by atoms with Gasteiger partial charge in [-0.25, -0.2) is 4.79 Å². The van der Waals surface area contributed by atoms with E-state index in [2.05, 4.69) is 35.8 Å². The van der Waals surface area contributed by atoms with Crippen LogP contribution in [0.3, 0.4) is 0 Å². The number of fused-ring (bicyclic) bond motifs is 1. The molecule has 0 amide bonds. The van der Waals surface area contributed by atoms with Crippen molar-refractivity contribution in [3.8, 4) is 0 Å². The summed E-state index contributed by atoms with van der Waals surface area (Å²) in [6.07, 6.45) is 2.26. The van der Waals surface area contributed by atoms with Gasteiger partial charge in [0.05, 0.1) is 5.52 Å². The molecule has 2 rings (SSSR count). The number of hydrogen-bond acceptors (Lipinski definition) is 2. The van der Waals surface area contributed by atoms with Crippen molar-refractivity contribution < 1.29 is 4.42 Å². The molecule has 18 heavy (non-hydrogen) atoms. The Balaban J connectivity index is 2.44. The highest BCUT2D eigenvalue weighted by Crippen LogP contribution is 2.36. The maximum atomic E-state index is 11.5. The number of nitrogens with zero attached hydrogens (tertiary/aromatic N) is 1. The summed E-state index contributed by atoms with van der Waals surface area (Å²) in [6.45, 7) is 4.40. The van der Waals surface area contributed by atoms with Gasteiger partial charge in [-0.05, 0) is 23.6 Å². The van der Waals surface area contributed by atoms with Gasteiger partial charge in [-0.3, -0.25) is 4.57 Å². The van der Waals surface area contributed by atoms with Crippen molar-refractivity contribution in [2.45, 2.75) is 31.5 Å². The summed E-state index contributed by atoms with van der Waals surface area (Å²) in [4.78, 5) is 11.8. The molecular formula is C14H18BrNO2. The lowest BCUT2D eigenvalue weighted by Gasteiger charge is -2.19. The number of benzene rings is 1. The van der Waals surface area contributed by atoms with E-state index in [0.717, 1.165) is 18.4 Å². The second kappa shape index (κ2) is 5.31. The third-order valence-corrected chi connectivity index (χ3v) is 4.87. The van der Waals surface area contributed by atoms with E-state index < -0.39 is 0 Å². The Morgan fingerprint density at radius 1 is 1.33 bits per heavy atom. The lowest BCUT2D eigenvalue weighted by atomic mass is 9.94. The Morgan fingerprint density at radius 2 is 2.00 bits per heavy atom. The van der Waals surface area contributed by atoms with Gasteiger partial charge >= 0.3 is 5.76 Å². The molecule has 1 aromatic carbocycles. The molecule has 1 unspecified atom stereocenters. The zero-order valence-electron chi connectivity index (χ0n) is 10.9. The predicted molar refractivity (Wildman–Crippen MR) is 77.2 cm³/mol. The van der Waals surface area contributed by atoms with Gasteiger partial charge in [0, 0.05) is 11.9 Å². The number of halogens is 1. The molecule has 0 radical (unpaired) electrons. The second-order valence-electron chi connectivity index (χ2n) is 4.63. The van der Waals surface area contributed by atoms with E-state index in [9.17, 15) is 4.79 Å². The molecule has 3 nitrogen and oxygen atoms in total. The Morgan fingerprint density at radius 3 is 2.61 bits per heavy atom. The van der Waals surface area contributed by atoms with Gasteiger partial charge in [-0.1, -0.05) is 48.7 Å². The monoisotopic (exact) mass is 311 g/mol. The largest absolute Gasteiger partial charge is 0.419 e. The van der Waals surface area contributed by atoms with Crippen molar-refractivity contribution in [3.05, 3.63) is 34.3 Å². The van der Waals surface area contributed by atoms with E-state index in [-0.39, 0.29) is 5.76 Å². The van der Waals surface area contributed by atoms with Crippen LogP contribution >= 0.6 is 15.9 Å². The maximum Gasteiger partial charge on any atom is 0.419 e. The van der Waals surface area contributed by atoms with Crippen LogP contribution in [-0.4, -0.2) is 4.57 Å². The summed E-state index contributed by atoms with van der Waals surface area (Å²) >= 11 is 3.76. The van der Waals surface area contributed by atoms with Gasteiger partial charge in [-0.2, -0.15) is 0 Å². The summed E-state index contributed by atoms with van der Waals surface area (Å²) < 4.78 is 6.75. The van der Waals surface area contributed by atoms with E-state index in [1.807, 2.05) is 12.1 Å². The van der Waals surface area contributed by atoms with E-state index in [4.69, 9.17) is 4.42 Å². The molecule has 0 aliphatic heterocycles. The molecule has 1 atom stereocenters. The predicted octanol–water partition coefficient (Wildman–Crippen LogP) is 4.00. The Bertz CT molecular complexity index is 595. The molecule has 2 aromatic rings. The van der Waals surface area contributed by atoms with Gasteiger partial charge in [0.25, 0.3) is 0 Å². The van der Waals surface area contributed by atoms with Crippen molar-refractivity contribution in [1.29, 1.82) is 0 Å². The topological polar surface area (TPSA) is 35.1 Å².